The number of carbonyl (C=O) groups excluding carboxylic acids is 2. The summed E-state index contributed by atoms with van der Waals surface area (Å²) in [6.45, 7) is 5.71. The summed E-state index contributed by atoms with van der Waals surface area (Å²) in [5.41, 5.74) is 1.09. The maximum Gasteiger partial charge on any atom is 0.279 e. The Balaban J connectivity index is 2.50. The molecule has 1 aromatic carbocycles. The van der Waals surface area contributed by atoms with E-state index in [2.05, 4.69) is 5.32 Å². The van der Waals surface area contributed by atoms with Crippen molar-refractivity contribution in [1.29, 1.82) is 5.26 Å². The molecule has 0 aromatic heterocycles. The van der Waals surface area contributed by atoms with Crippen molar-refractivity contribution in [2.45, 2.75) is 13.8 Å². The monoisotopic (exact) mass is 303 g/mol. The minimum Gasteiger partial charge on any atom is -0.338 e. The smallest absolute Gasteiger partial charge is 0.279 e. The number of rotatable bonds is 7. The van der Waals surface area contributed by atoms with Crippen molar-refractivity contribution in [2.24, 2.45) is 0 Å². The first-order valence-corrected chi connectivity index (χ1v) is 7.39. The lowest BCUT2D eigenvalue weighted by Gasteiger charge is -2.20. The number of nitriles is 1. The van der Waals surface area contributed by atoms with E-state index in [9.17, 15) is 9.59 Å². The van der Waals surface area contributed by atoms with Crippen molar-refractivity contribution in [3.8, 4) is 6.07 Å². The standard InChI is InChI=1S/C16H22N4O2/c1-4-20(5-2)16(22)12-19(3)11-15(21)18-14-8-6-7-13(9-14)10-17/h6-9H,4-5,11-12H2,1-3H3,(H,18,21)/p+1. The molecule has 0 aliphatic rings. The molecule has 0 bridgehead atoms. The van der Waals surface area contributed by atoms with Gasteiger partial charge in [-0.2, -0.15) is 5.26 Å². The van der Waals surface area contributed by atoms with E-state index in [-0.39, 0.29) is 24.9 Å². The lowest BCUT2D eigenvalue weighted by Crippen LogP contribution is -3.11. The Morgan fingerprint density at radius 1 is 1.27 bits per heavy atom. The van der Waals surface area contributed by atoms with Crippen molar-refractivity contribution < 1.29 is 14.5 Å². The van der Waals surface area contributed by atoms with Crippen LogP contribution in [-0.4, -0.2) is 49.9 Å². The molecule has 1 rings (SSSR count). The van der Waals surface area contributed by atoms with Gasteiger partial charge in [0, 0.05) is 18.8 Å². The van der Waals surface area contributed by atoms with Gasteiger partial charge in [0.1, 0.15) is 0 Å². The third-order valence-corrected chi connectivity index (χ3v) is 3.31. The molecule has 6 nitrogen and oxygen atoms in total. The number of nitrogens with one attached hydrogen (secondary N) is 2. The van der Waals surface area contributed by atoms with Crippen LogP contribution in [0.5, 0.6) is 0 Å². The van der Waals surface area contributed by atoms with Gasteiger partial charge in [-0.05, 0) is 32.0 Å². The van der Waals surface area contributed by atoms with Gasteiger partial charge in [-0.3, -0.25) is 9.59 Å². The summed E-state index contributed by atoms with van der Waals surface area (Å²) in [6, 6.07) is 8.77. The maximum atomic E-state index is 12.0. The van der Waals surface area contributed by atoms with Crippen LogP contribution in [0.15, 0.2) is 24.3 Å². The number of hydrogen-bond acceptors (Lipinski definition) is 3. The van der Waals surface area contributed by atoms with E-state index in [1.807, 2.05) is 27.0 Å². The second-order valence-corrected chi connectivity index (χ2v) is 5.12. The minimum atomic E-state index is -0.181. The number of nitrogens with zero attached hydrogens (tertiary/aromatic N) is 2. The van der Waals surface area contributed by atoms with E-state index in [1.54, 1.807) is 29.2 Å². The zero-order valence-corrected chi connectivity index (χ0v) is 13.3. The molecule has 2 N–H and O–H groups in total. The fourth-order valence-corrected chi connectivity index (χ4v) is 2.15. The largest absolute Gasteiger partial charge is 0.338 e. The summed E-state index contributed by atoms with van der Waals surface area (Å²) in [5.74, 6) is -0.137. The average molecular weight is 303 g/mol. The quantitative estimate of drug-likeness (QED) is 0.737. The molecule has 0 aliphatic carbocycles. The number of carbonyl (C=O) groups is 2. The van der Waals surface area contributed by atoms with E-state index in [0.29, 0.717) is 24.3 Å². The number of amides is 2. The van der Waals surface area contributed by atoms with Gasteiger partial charge in [0.15, 0.2) is 13.1 Å². The van der Waals surface area contributed by atoms with Crippen LogP contribution in [0, 0.1) is 11.3 Å². The molecule has 1 unspecified atom stereocenters. The van der Waals surface area contributed by atoms with E-state index >= 15 is 0 Å². The molecule has 0 aliphatic heterocycles. The fourth-order valence-electron chi connectivity index (χ4n) is 2.15. The molecule has 22 heavy (non-hydrogen) atoms. The van der Waals surface area contributed by atoms with Crippen LogP contribution in [0.3, 0.4) is 0 Å². The first-order chi connectivity index (χ1) is 10.5. The second-order valence-electron chi connectivity index (χ2n) is 5.12. The number of anilines is 1. The van der Waals surface area contributed by atoms with E-state index < -0.39 is 0 Å². The SMILES string of the molecule is CCN(CC)C(=O)C[NH+](C)CC(=O)Nc1cccc(C#N)c1. The van der Waals surface area contributed by atoms with Crippen molar-refractivity contribution in [3.63, 3.8) is 0 Å². The highest BCUT2D eigenvalue weighted by atomic mass is 16.2. The average Bonchev–Trinajstić information content (AvgIpc) is 2.48. The Bertz CT molecular complexity index is 562. The third kappa shape index (κ3) is 5.54. The van der Waals surface area contributed by atoms with Gasteiger partial charge in [0.05, 0.1) is 18.7 Å². The van der Waals surface area contributed by atoms with E-state index in [0.717, 1.165) is 4.90 Å². The molecular weight excluding hydrogens is 280 g/mol. The Kier molecular flexibility index (Phi) is 7.06. The van der Waals surface area contributed by atoms with Crippen LogP contribution in [0.25, 0.3) is 0 Å². The number of likely N-dealkylation sites (N-methyl/N-ethyl adjacent to an activating group) is 2. The van der Waals surface area contributed by atoms with Crippen LogP contribution in [0.2, 0.25) is 0 Å². The molecule has 118 valence electrons. The van der Waals surface area contributed by atoms with Crippen LogP contribution in [-0.2, 0) is 9.59 Å². The van der Waals surface area contributed by atoms with E-state index in [1.165, 1.54) is 0 Å². The molecule has 0 saturated heterocycles. The molecule has 1 atom stereocenters. The normalized spacial score (nSPS) is 11.4. The number of benzene rings is 1. The summed E-state index contributed by atoms with van der Waals surface area (Å²) >= 11 is 0. The van der Waals surface area contributed by atoms with Gasteiger partial charge in [0.2, 0.25) is 0 Å². The summed E-state index contributed by atoms with van der Waals surface area (Å²) in [6.07, 6.45) is 0. The van der Waals surface area contributed by atoms with Crippen molar-refractivity contribution >= 4 is 17.5 Å². The maximum absolute atomic E-state index is 12.0. The highest BCUT2D eigenvalue weighted by molar-refractivity contribution is 5.91. The molecule has 0 spiro atoms. The molecule has 6 heteroatoms. The molecule has 0 heterocycles. The van der Waals surface area contributed by atoms with Gasteiger partial charge >= 0.3 is 0 Å². The van der Waals surface area contributed by atoms with Crippen LogP contribution >= 0.6 is 0 Å². The highest BCUT2D eigenvalue weighted by Gasteiger charge is 2.17. The van der Waals surface area contributed by atoms with Gasteiger partial charge in [-0.15, -0.1) is 0 Å². The van der Waals surface area contributed by atoms with Crippen molar-refractivity contribution in [1.82, 2.24) is 4.90 Å². The lowest BCUT2D eigenvalue weighted by atomic mass is 10.2. The zero-order chi connectivity index (χ0) is 16.5. The summed E-state index contributed by atoms with van der Waals surface area (Å²) in [7, 11) is 1.81. The topological polar surface area (TPSA) is 77.6 Å². The Hall–Kier alpha value is -2.39. The number of hydrogen-bond donors (Lipinski definition) is 2. The fraction of sp³-hybridized carbons (Fsp3) is 0.438. The van der Waals surface area contributed by atoms with Crippen molar-refractivity contribution in [2.75, 3.05) is 38.5 Å². The van der Waals surface area contributed by atoms with Crippen LogP contribution < -0.4 is 10.2 Å². The predicted molar refractivity (Wildman–Crippen MR) is 84.3 cm³/mol. The summed E-state index contributed by atoms with van der Waals surface area (Å²) in [4.78, 5) is 26.5. The van der Waals surface area contributed by atoms with Crippen LogP contribution in [0.4, 0.5) is 5.69 Å². The van der Waals surface area contributed by atoms with Gasteiger partial charge in [-0.1, -0.05) is 6.07 Å². The Morgan fingerprint density at radius 3 is 2.55 bits per heavy atom. The molecule has 0 radical (unpaired) electrons. The third-order valence-electron chi connectivity index (χ3n) is 3.31. The Morgan fingerprint density at radius 2 is 1.95 bits per heavy atom. The van der Waals surface area contributed by atoms with Gasteiger partial charge in [-0.25, -0.2) is 0 Å². The summed E-state index contributed by atoms with van der Waals surface area (Å²) in [5, 5.41) is 11.6. The lowest BCUT2D eigenvalue weighted by molar-refractivity contribution is -0.862. The highest BCUT2D eigenvalue weighted by Crippen LogP contribution is 2.08. The van der Waals surface area contributed by atoms with E-state index in [4.69, 9.17) is 5.26 Å². The second kappa shape index (κ2) is 8.80. The number of quaternary nitrogens is 1. The van der Waals surface area contributed by atoms with Gasteiger partial charge in [0.25, 0.3) is 11.8 Å². The van der Waals surface area contributed by atoms with Crippen molar-refractivity contribution in [3.05, 3.63) is 29.8 Å². The molecule has 0 saturated carbocycles. The molecule has 1 aromatic rings. The first-order valence-electron chi connectivity index (χ1n) is 7.39. The molecular formula is C16H23N4O2+. The minimum absolute atomic E-state index is 0.0433. The van der Waals surface area contributed by atoms with Gasteiger partial charge < -0.3 is 15.1 Å². The molecule has 2 amide bonds. The molecule has 0 fully saturated rings. The zero-order valence-electron chi connectivity index (χ0n) is 13.3. The predicted octanol–water partition coefficient (Wildman–Crippen LogP) is -0.120. The first kappa shape index (κ1) is 17.7. The Labute approximate surface area is 131 Å². The van der Waals surface area contributed by atoms with Crippen LogP contribution in [0.1, 0.15) is 19.4 Å². The summed E-state index contributed by atoms with van der Waals surface area (Å²) < 4.78 is 0.